The van der Waals surface area contributed by atoms with Crippen LogP contribution in [0.5, 0.6) is 0 Å². The monoisotopic (exact) mass is 455 g/mol. The van der Waals surface area contributed by atoms with Crippen LogP contribution in [0, 0.1) is 6.07 Å². The van der Waals surface area contributed by atoms with Crippen LogP contribution >= 0.6 is 0 Å². The van der Waals surface area contributed by atoms with Gasteiger partial charge in [0.25, 0.3) is 0 Å². The Hall–Kier alpha value is -1.40. The zero-order valence-corrected chi connectivity index (χ0v) is 18.2. The Labute approximate surface area is 188 Å². The maximum atomic E-state index is 3.30. The Bertz CT molecular complexity index is 702. The molecule has 0 aromatic heterocycles. The van der Waals surface area contributed by atoms with Crippen molar-refractivity contribution in [2.75, 3.05) is 0 Å². The van der Waals surface area contributed by atoms with Crippen LogP contribution in [0.4, 0.5) is 0 Å². The fourth-order valence-corrected chi connectivity index (χ4v) is 2.64. The van der Waals surface area contributed by atoms with Gasteiger partial charge in [0.1, 0.15) is 0 Å². The second kappa shape index (κ2) is 13.8. The van der Waals surface area contributed by atoms with Crippen molar-refractivity contribution in [3.8, 4) is 11.1 Å². The van der Waals surface area contributed by atoms with E-state index in [4.69, 9.17) is 0 Å². The van der Waals surface area contributed by atoms with Gasteiger partial charge in [-0.1, -0.05) is 35.4 Å². The Morgan fingerprint density at radius 2 is 1.19 bits per heavy atom. The molecule has 0 unspecified atom stereocenters. The summed E-state index contributed by atoms with van der Waals surface area (Å²) in [6.07, 6.45) is 1.05. The van der Waals surface area contributed by atoms with Crippen LogP contribution in [-0.4, -0.2) is 0 Å². The summed E-state index contributed by atoms with van der Waals surface area (Å²) in [7, 11) is 0. The van der Waals surface area contributed by atoms with Crippen molar-refractivity contribution in [3.05, 3.63) is 120 Å². The predicted octanol–water partition coefficient (Wildman–Crippen LogP) is -0.126. The Morgan fingerprint density at radius 3 is 1.73 bits per heavy atom. The van der Waals surface area contributed by atoms with Crippen molar-refractivity contribution >= 4 is 0 Å². The fraction of sp³-hybridized carbons (Fsp3) is 0.0435. The largest absolute Gasteiger partial charge is 2.00 e. The third-order valence-corrected chi connectivity index (χ3v) is 3.73. The average molecular weight is 458 g/mol. The summed E-state index contributed by atoms with van der Waals surface area (Å²) in [5.74, 6) is 0. The molecule has 132 valence electrons. The van der Waals surface area contributed by atoms with E-state index >= 15 is 0 Å². The van der Waals surface area contributed by atoms with Crippen LogP contribution in [0.25, 0.3) is 11.1 Å². The minimum absolute atomic E-state index is 0. The molecule has 4 aromatic carbocycles. The molecule has 0 heterocycles. The van der Waals surface area contributed by atoms with E-state index in [0.717, 1.165) is 6.42 Å². The standard InChI is InChI=1S/C13H9.2C5H5.2ClH.Zr/c1-3-7-12-10(5-1)9-11-6-2-4-8-13(11)12;2*1-2-4-5-3-1;;;/h1-5,7-8H,9H2;2*1-5H;2*1H;/q3*-1;;;+2/p-2. The number of hydrogen-bond donors (Lipinski definition) is 0. The van der Waals surface area contributed by atoms with Gasteiger partial charge in [0.2, 0.25) is 0 Å². The van der Waals surface area contributed by atoms with E-state index in [9.17, 15) is 0 Å². The van der Waals surface area contributed by atoms with E-state index in [1.165, 1.54) is 22.3 Å². The minimum atomic E-state index is 0. The maximum absolute atomic E-state index is 3.30. The molecule has 0 nitrogen and oxygen atoms in total. The van der Waals surface area contributed by atoms with Gasteiger partial charge in [0.15, 0.2) is 0 Å². The number of halogens is 2. The van der Waals surface area contributed by atoms with Crippen molar-refractivity contribution in [1.82, 2.24) is 0 Å². The van der Waals surface area contributed by atoms with Gasteiger partial charge in [-0.05, 0) is 6.42 Å². The molecular formula is C23H19Cl2Zr-3. The molecule has 0 atom stereocenters. The van der Waals surface area contributed by atoms with E-state index in [1.54, 1.807) is 0 Å². The van der Waals surface area contributed by atoms with Crippen LogP contribution in [0.15, 0.2) is 103 Å². The van der Waals surface area contributed by atoms with Crippen LogP contribution in [0.3, 0.4) is 0 Å². The zero-order chi connectivity index (χ0) is 15.7. The third kappa shape index (κ3) is 7.08. The molecule has 1 aliphatic carbocycles. The summed E-state index contributed by atoms with van der Waals surface area (Å²) >= 11 is 0. The van der Waals surface area contributed by atoms with Crippen molar-refractivity contribution < 1.29 is 51.0 Å². The van der Waals surface area contributed by atoms with Crippen LogP contribution in [0.2, 0.25) is 0 Å². The number of hydrogen-bond acceptors (Lipinski definition) is 0. The summed E-state index contributed by atoms with van der Waals surface area (Å²) in [5.41, 5.74) is 5.51. The molecule has 5 rings (SSSR count). The van der Waals surface area contributed by atoms with Crippen LogP contribution in [-0.2, 0) is 32.6 Å². The molecule has 0 saturated carbocycles. The van der Waals surface area contributed by atoms with Gasteiger partial charge in [0.05, 0.1) is 0 Å². The molecule has 4 aromatic rings. The first-order valence-electron chi connectivity index (χ1n) is 7.86. The third-order valence-electron chi connectivity index (χ3n) is 3.73. The molecule has 26 heavy (non-hydrogen) atoms. The molecule has 0 amide bonds. The van der Waals surface area contributed by atoms with Gasteiger partial charge in [-0.25, -0.2) is 24.3 Å². The van der Waals surface area contributed by atoms with Gasteiger partial charge >= 0.3 is 26.2 Å². The molecule has 0 N–H and O–H groups in total. The normalized spacial score (nSPS) is 9.23. The number of fused-ring (bicyclic) bond motifs is 3. The molecule has 0 aliphatic heterocycles. The second-order valence-electron chi connectivity index (χ2n) is 5.32. The number of benzene rings is 2. The van der Waals surface area contributed by atoms with Gasteiger partial charge in [-0.3, -0.25) is 0 Å². The average Bonchev–Trinajstić information content (AvgIpc) is 3.38. The fourth-order valence-electron chi connectivity index (χ4n) is 2.64. The Morgan fingerprint density at radius 1 is 0.654 bits per heavy atom. The summed E-state index contributed by atoms with van der Waals surface area (Å²) in [5, 5.41) is 0. The quantitative estimate of drug-likeness (QED) is 0.285. The zero-order valence-electron chi connectivity index (χ0n) is 14.3. The van der Waals surface area contributed by atoms with Crippen molar-refractivity contribution in [3.63, 3.8) is 0 Å². The van der Waals surface area contributed by atoms with Crippen molar-refractivity contribution in [2.24, 2.45) is 0 Å². The van der Waals surface area contributed by atoms with Gasteiger partial charge in [-0.2, -0.15) is 66.2 Å². The van der Waals surface area contributed by atoms with E-state index in [-0.39, 0.29) is 51.0 Å². The predicted molar refractivity (Wildman–Crippen MR) is 97.6 cm³/mol. The van der Waals surface area contributed by atoms with Gasteiger partial charge in [-0.15, -0.1) is 5.56 Å². The minimum Gasteiger partial charge on any atom is -1.00 e. The topological polar surface area (TPSA) is 0 Å². The van der Waals surface area contributed by atoms with Crippen molar-refractivity contribution in [2.45, 2.75) is 6.42 Å². The molecule has 0 fully saturated rings. The molecule has 0 radical (unpaired) electrons. The molecule has 0 bridgehead atoms. The first-order valence-corrected chi connectivity index (χ1v) is 7.86. The summed E-state index contributed by atoms with van der Waals surface area (Å²) in [4.78, 5) is 0. The van der Waals surface area contributed by atoms with Gasteiger partial charge in [0, 0.05) is 0 Å². The summed E-state index contributed by atoms with van der Waals surface area (Å²) in [6.45, 7) is 0. The van der Waals surface area contributed by atoms with E-state index < -0.39 is 0 Å². The van der Waals surface area contributed by atoms with E-state index in [1.807, 2.05) is 66.7 Å². The molecular weight excluding hydrogens is 438 g/mol. The van der Waals surface area contributed by atoms with Crippen molar-refractivity contribution in [1.29, 1.82) is 0 Å². The Kier molecular flexibility index (Phi) is 13.0. The van der Waals surface area contributed by atoms with Crippen LogP contribution < -0.4 is 24.8 Å². The maximum Gasteiger partial charge on any atom is 2.00 e. The summed E-state index contributed by atoms with van der Waals surface area (Å²) in [6, 6.07) is 38.1. The second-order valence-corrected chi connectivity index (χ2v) is 5.32. The molecule has 1 aliphatic rings. The first-order chi connectivity index (χ1) is 11.4. The number of rotatable bonds is 0. The van der Waals surface area contributed by atoms with Gasteiger partial charge < -0.3 is 24.8 Å². The first kappa shape index (κ1) is 24.6. The van der Waals surface area contributed by atoms with E-state index in [0.29, 0.717) is 0 Å². The molecule has 0 saturated heterocycles. The molecule has 0 spiro atoms. The Balaban J connectivity index is 0.000000408. The SMILES string of the molecule is [Cl-].[Cl-].[Zr+2].[c-]1cccc2c1Cc1ccccc1-2.c1cc[cH-]c1.c1cc[cH-]c1. The summed E-state index contributed by atoms with van der Waals surface area (Å²) < 4.78 is 0. The molecule has 3 heteroatoms. The van der Waals surface area contributed by atoms with Crippen LogP contribution in [0.1, 0.15) is 11.1 Å². The smallest absolute Gasteiger partial charge is 1.00 e. The van der Waals surface area contributed by atoms with E-state index in [2.05, 4.69) is 42.5 Å².